The van der Waals surface area contributed by atoms with Crippen LogP contribution in [-0.2, 0) is 11.3 Å². The number of nitrogens with one attached hydrogen (secondary N) is 1. The van der Waals surface area contributed by atoms with E-state index < -0.39 is 0 Å². The van der Waals surface area contributed by atoms with Crippen molar-refractivity contribution in [3.8, 4) is 0 Å². The third-order valence-electron chi connectivity index (χ3n) is 3.69. The number of benzene rings is 1. The minimum Gasteiger partial charge on any atom is -0.361 e. The first-order valence-corrected chi connectivity index (χ1v) is 7.48. The molecule has 0 bridgehead atoms. The predicted octanol–water partition coefficient (Wildman–Crippen LogP) is 2.28. The first kappa shape index (κ1) is 15.8. The van der Waals surface area contributed by atoms with Crippen molar-refractivity contribution in [3.63, 3.8) is 0 Å². The molecule has 2 heterocycles. The maximum Gasteiger partial charge on any atom is 0.277 e. The number of likely N-dealkylation sites (N-methyl/N-ethyl adjacent to an activating group) is 1. The minimum atomic E-state index is -0.326. The molecule has 3 rings (SSSR count). The number of anilines is 1. The first-order chi connectivity index (χ1) is 11.4. The van der Waals surface area contributed by atoms with Crippen molar-refractivity contribution in [3.05, 3.63) is 48.0 Å². The summed E-state index contributed by atoms with van der Waals surface area (Å²) in [4.78, 5) is 25.5. The van der Waals surface area contributed by atoms with Crippen LogP contribution in [0.3, 0.4) is 0 Å². The van der Waals surface area contributed by atoms with Crippen molar-refractivity contribution < 1.29 is 14.1 Å². The average molecular weight is 326 g/mol. The standard InChI is InChI=1S/C17H18N4O3/c1-11-8-14(19-24-11)17(23)18-13-4-5-15-12(9-13)6-7-21(15)10-16(22)20(2)3/h4-9H,10H2,1-3H3,(H,18,23). The number of aryl methyl sites for hydroxylation is 1. The lowest BCUT2D eigenvalue weighted by atomic mass is 10.2. The maximum atomic E-state index is 12.1. The van der Waals surface area contributed by atoms with Crippen LogP contribution in [0.2, 0.25) is 0 Å². The van der Waals surface area contributed by atoms with E-state index in [0.29, 0.717) is 11.4 Å². The fourth-order valence-corrected chi connectivity index (χ4v) is 2.37. The summed E-state index contributed by atoms with van der Waals surface area (Å²) in [5.74, 6) is 0.276. The van der Waals surface area contributed by atoms with Gasteiger partial charge in [0.25, 0.3) is 5.91 Å². The van der Waals surface area contributed by atoms with Gasteiger partial charge >= 0.3 is 0 Å². The van der Waals surface area contributed by atoms with Crippen LogP contribution in [0.4, 0.5) is 5.69 Å². The van der Waals surface area contributed by atoms with Crippen LogP contribution in [0.5, 0.6) is 0 Å². The molecule has 2 amide bonds. The summed E-state index contributed by atoms with van der Waals surface area (Å²) in [5.41, 5.74) is 1.83. The lowest BCUT2D eigenvalue weighted by Crippen LogP contribution is -2.25. The van der Waals surface area contributed by atoms with Crippen LogP contribution >= 0.6 is 0 Å². The number of aromatic nitrogens is 2. The van der Waals surface area contributed by atoms with Crippen molar-refractivity contribution in [2.45, 2.75) is 13.5 Å². The highest BCUT2D eigenvalue weighted by atomic mass is 16.5. The highest BCUT2D eigenvalue weighted by Crippen LogP contribution is 2.21. The van der Waals surface area contributed by atoms with Crippen molar-refractivity contribution in [1.82, 2.24) is 14.6 Å². The number of nitrogens with zero attached hydrogens (tertiary/aromatic N) is 3. The number of hydrogen-bond acceptors (Lipinski definition) is 4. The molecule has 0 aliphatic heterocycles. The Balaban J connectivity index is 1.80. The monoisotopic (exact) mass is 326 g/mol. The number of amides is 2. The number of rotatable bonds is 4. The van der Waals surface area contributed by atoms with Gasteiger partial charge in [-0.1, -0.05) is 5.16 Å². The molecule has 1 aromatic carbocycles. The van der Waals surface area contributed by atoms with E-state index in [9.17, 15) is 9.59 Å². The third-order valence-corrected chi connectivity index (χ3v) is 3.69. The molecule has 2 aromatic heterocycles. The van der Waals surface area contributed by atoms with Gasteiger partial charge in [-0.2, -0.15) is 0 Å². The molecule has 0 aliphatic rings. The van der Waals surface area contributed by atoms with Gasteiger partial charge in [-0.3, -0.25) is 9.59 Å². The molecule has 124 valence electrons. The van der Waals surface area contributed by atoms with E-state index in [2.05, 4.69) is 10.5 Å². The Labute approximate surface area is 138 Å². The van der Waals surface area contributed by atoms with Crippen molar-refractivity contribution in [2.75, 3.05) is 19.4 Å². The zero-order valence-electron chi connectivity index (χ0n) is 13.7. The highest BCUT2D eigenvalue weighted by molar-refractivity contribution is 6.03. The summed E-state index contributed by atoms with van der Waals surface area (Å²) >= 11 is 0. The Hall–Kier alpha value is -3.09. The van der Waals surface area contributed by atoms with Gasteiger partial charge in [0.2, 0.25) is 5.91 Å². The molecule has 0 aliphatic carbocycles. The Kier molecular flexibility index (Phi) is 4.07. The second-order valence-corrected chi connectivity index (χ2v) is 5.78. The van der Waals surface area contributed by atoms with Gasteiger partial charge in [0.05, 0.1) is 0 Å². The van der Waals surface area contributed by atoms with Gasteiger partial charge in [0.15, 0.2) is 5.69 Å². The second-order valence-electron chi connectivity index (χ2n) is 5.78. The van der Waals surface area contributed by atoms with Crippen molar-refractivity contribution in [2.24, 2.45) is 0 Å². The number of carbonyl (C=O) groups is 2. The lowest BCUT2D eigenvalue weighted by molar-refractivity contribution is -0.129. The largest absolute Gasteiger partial charge is 0.361 e. The van der Waals surface area contributed by atoms with Gasteiger partial charge in [-0.05, 0) is 31.2 Å². The van der Waals surface area contributed by atoms with E-state index in [-0.39, 0.29) is 24.1 Å². The molecule has 3 aromatic rings. The molecule has 0 radical (unpaired) electrons. The molecular formula is C17H18N4O3. The maximum absolute atomic E-state index is 12.1. The molecule has 0 fully saturated rings. The number of hydrogen-bond donors (Lipinski definition) is 1. The molecular weight excluding hydrogens is 308 g/mol. The summed E-state index contributed by atoms with van der Waals surface area (Å²) in [6.45, 7) is 2.01. The van der Waals surface area contributed by atoms with E-state index in [0.717, 1.165) is 10.9 Å². The van der Waals surface area contributed by atoms with E-state index in [1.54, 1.807) is 38.1 Å². The summed E-state index contributed by atoms with van der Waals surface area (Å²) in [5, 5.41) is 7.42. The summed E-state index contributed by atoms with van der Waals surface area (Å²) < 4.78 is 6.78. The Morgan fingerprint density at radius 2 is 2.04 bits per heavy atom. The quantitative estimate of drug-likeness (QED) is 0.797. The molecule has 0 saturated carbocycles. The van der Waals surface area contributed by atoms with E-state index in [4.69, 9.17) is 4.52 Å². The Morgan fingerprint density at radius 3 is 2.71 bits per heavy atom. The van der Waals surface area contributed by atoms with Gasteiger partial charge in [0, 0.05) is 42.9 Å². The normalized spacial score (nSPS) is 10.8. The van der Waals surface area contributed by atoms with Crippen molar-refractivity contribution in [1.29, 1.82) is 0 Å². The van der Waals surface area contributed by atoms with E-state index in [1.807, 2.05) is 29.0 Å². The summed E-state index contributed by atoms with van der Waals surface area (Å²) in [6, 6.07) is 9.02. The topological polar surface area (TPSA) is 80.4 Å². The Bertz CT molecular complexity index is 908. The third kappa shape index (κ3) is 3.15. The van der Waals surface area contributed by atoms with E-state index in [1.165, 1.54) is 0 Å². The SMILES string of the molecule is Cc1cc(C(=O)Nc2ccc3c(ccn3CC(=O)N(C)C)c2)no1. The van der Waals surface area contributed by atoms with Crippen LogP contribution in [0.25, 0.3) is 10.9 Å². The van der Waals surface area contributed by atoms with Gasteiger partial charge < -0.3 is 19.3 Å². The fourth-order valence-electron chi connectivity index (χ4n) is 2.37. The average Bonchev–Trinajstić information content (AvgIpc) is 3.14. The molecule has 7 nitrogen and oxygen atoms in total. The van der Waals surface area contributed by atoms with Gasteiger partial charge in [-0.25, -0.2) is 0 Å². The molecule has 7 heteroatoms. The van der Waals surface area contributed by atoms with Crippen molar-refractivity contribution >= 4 is 28.4 Å². The van der Waals surface area contributed by atoms with Crippen LogP contribution in [0.15, 0.2) is 41.1 Å². The summed E-state index contributed by atoms with van der Waals surface area (Å²) in [6.07, 6.45) is 1.86. The molecule has 0 atom stereocenters. The highest BCUT2D eigenvalue weighted by Gasteiger charge is 2.12. The van der Waals surface area contributed by atoms with Crippen LogP contribution in [0, 0.1) is 6.92 Å². The Morgan fingerprint density at radius 1 is 1.25 bits per heavy atom. The number of fused-ring (bicyclic) bond motifs is 1. The van der Waals surface area contributed by atoms with Crippen LogP contribution in [0.1, 0.15) is 16.2 Å². The number of carbonyl (C=O) groups excluding carboxylic acids is 2. The first-order valence-electron chi connectivity index (χ1n) is 7.48. The predicted molar refractivity (Wildman–Crippen MR) is 89.8 cm³/mol. The molecule has 0 spiro atoms. The minimum absolute atomic E-state index is 0.0197. The molecule has 0 unspecified atom stereocenters. The summed E-state index contributed by atoms with van der Waals surface area (Å²) in [7, 11) is 3.46. The lowest BCUT2D eigenvalue weighted by Gasteiger charge is -2.11. The van der Waals surface area contributed by atoms with Crippen LogP contribution in [-0.4, -0.2) is 40.5 Å². The van der Waals surface area contributed by atoms with Gasteiger partial charge in [0.1, 0.15) is 12.3 Å². The zero-order valence-corrected chi connectivity index (χ0v) is 13.7. The van der Waals surface area contributed by atoms with Gasteiger partial charge in [-0.15, -0.1) is 0 Å². The second kappa shape index (κ2) is 6.19. The molecule has 1 N–H and O–H groups in total. The zero-order chi connectivity index (χ0) is 17.3. The molecule has 24 heavy (non-hydrogen) atoms. The smallest absolute Gasteiger partial charge is 0.277 e. The van der Waals surface area contributed by atoms with E-state index >= 15 is 0 Å². The fraction of sp³-hybridized carbons (Fsp3) is 0.235. The van der Waals surface area contributed by atoms with Crippen LogP contribution < -0.4 is 5.32 Å². The molecule has 0 saturated heterocycles.